The summed E-state index contributed by atoms with van der Waals surface area (Å²) in [6, 6.07) is 13.9. The molecule has 1 aliphatic heterocycles. The highest BCUT2D eigenvalue weighted by Crippen LogP contribution is 2.64. The molecular formula is C28H30N2O4S2. The van der Waals surface area contributed by atoms with Crippen molar-refractivity contribution in [3.05, 3.63) is 68.1 Å². The minimum absolute atomic E-state index is 0.0235. The monoisotopic (exact) mass is 522 g/mol. The molecule has 6 nitrogen and oxygen atoms in total. The molecule has 2 saturated carbocycles. The van der Waals surface area contributed by atoms with Crippen molar-refractivity contribution in [2.75, 3.05) is 19.5 Å². The number of thiazole rings is 1. The number of hydrogen-bond donors (Lipinski definition) is 1. The summed E-state index contributed by atoms with van der Waals surface area (Å²) in [6.45, 7) is 2.04. The number of benzene rings is 2. The number of aromatic nitrogens is 1. The van der Waals surface area contributed by atoms with E-state index in [9.17, 15) is 9.59 Å². The van der Waals surface area contributed by atoms with Crippen LogP contribution in [0.25, 0.3) is 0 Å². The molecule has 0 saturated heterocycles. The van der Waals surface area contributed by atoms with E-state index in [1.807, 2.05) is 49.0 Å². The number of aryl methyl sites for hydroxylation is 1. The third-order valence-electron chi connectivity index (χ3n) is 8.09. The van der Waals surface area contributed by atoms with Gasteiger partial charge in [-0.05, 0) is 73.8 Å². The molecule has 1 aromatic heterocycles. The van der Waals surface area contributed by atoms with Gasteiger partial charge in [-0.25, -0.2) is 0 Å². The van der Waals surface area contributed by atoms with E-state index in [1.165, 1.54) is 30.6 Å². The van der Waals surface area contributed by atoms with E-state index < -0.39 is 0 Å². The van der Waals surface area contributed by atoms with E-state index in [0.717, 1.165) is 26.7 Å². The summed E-state index contributed by atoms with van der Waals surface area (Å²) in [5, 5.41) is 4.39. The molecule has 1 N–H and O–H groups in total. The smallest absolute Gasteiger partial charge is 0.308 e. The number of methoxy groups -OCH3 is 2. The van der Waals surface area contributed by atoms with Gasteiger partial charge < -0.3 is 14.8 Å². The van der Waals surface area contributed by atoms with Crippen molar-refractivity contribution in [3.63, 3.8) is 0 Å². The van der Waals surface area contributed by atoms with E-state index in [-0.39, 0.29) is 23.2 Å². The lowest BCUT2D eigenvalue weighted by Crippen LogP contribution is -2.34. The van der Waals surface area contributed by atoms with Crippen LogP contribution in [0.3, 0.4) is 0 Å². The molecule has 6 rings (SSSR count). The molecule has 2 aliphatic carbocycles. The Balaban J connectivity index is 1.38. The highest BCUT2D eigenvalue weighted by molar-refractivity contribution is 8.00. The van der Waals surface area contributed by atoms with E-state index in [1.54, 1.807) is 18.8 Å². The van der Waals surface area contributed by atoms with Crippen LogP contribution in [0.1, 0.15) is 41.2 Å². The van der Waals surface area contributed by atoms with E-state index in [2.05, 4.69) is 17.4 Å². The van der Waals surface area contributed by atoms with Gasteiger partial charge in [-0.15, -0.1) is 11.8 Å². The number of rotatable bonds is 6. The fourth-order valence-electron chi connectivity index (χ4n) is 6.49. The summed E-state index contributed by atoms with van der Waals surface area (Å²) in [5.74, 6) is 3.20. The van der Waals surface area contributed by atoms with Crippen LogP contribution in [0, 0.1) is 24.7 Å². The quantitative estimate of drug-likeness (QED) is 0.461. The summed E-state index contributed by atoms with van der Waals surface area (Å²) in [4.78, 5) is 27.3. The Kier molecular flexibility index (Phi) is 6.12. The molecule has 8 heteroatoms. The number of thioether (sulfide) groups is 1. The predicted octanol–water partition coefficient (Wildman–Crippen LogP) is 5.53. The van der Waals surface area contributed by atoms with Gasteiger partial charge >= 0.3 is 4.87 Å². The zero-order chi connectivity index (χ0) is 25.0. The Hall–Kier alpha value is -2.71. The third-order valence-corrected chi connectivity index (χ3v) is 10.9. The summed E-state index contributed by atoms with van der Waals surface area (Å²) in [5.41, 5.74) is 3.04. The first-order chi connectivity index (χ1) is 17.5. The SMILES string of the molecule is COc1ccc(C2c3sc(=O)n(CC(=O)Nc4ccc(C)cc4)c3SC3C4CCC(C4)C23)cc1OC. The minimum Gasteiger partial charge on any atom is -0.493 e. The fourth-order valence-corrected chi connectivity index (χ4v) is 9.64. The topological polar surface area (TPSA) is 69.6 Å². The van der Waals surface area contributed by atoms with Gasteiger partial charge in [-0.3, -0.25) is 14.2 Å². The molecule has 36 heavy (non-hydrogen) atoms. The third kappa shape index (κ3) is 3.95. The second kappa shape index (κ2) is 9.30. The average Bonchev–Trinajstić information content (AvgIpc) is 3.58. The highest BCUT2D eigenvalue weighted by Gasteiger charge is 2.55. The van der Waals surface area contributed by atoms with Crippen molar-refractivity contribution in [3.8, 4) is 11.5 Å². The maximum Gasteiger partial charge on any atom is 0.308 e. The number of fused-ring (bicyclic) bond motifs is 6. The average molecular weight is 523 g/mol. The summed E-state index contributed by atoms with van der Waals surface area (Å²) in [6.07, 6.45) is 3.79. The summed E-state index contributed by atoms with van der Waals surface area (Å²) >= 11 is 3.15. The Labute approximate surface area is 219 Å². The number of amides is 1. The van der Waals surface area contributed by atoms with Crippen LogP contribution in [0.5, 0.6) is 11.5 Å². The lowest BCUT2D eigenvalue weighted by Gasteiger charge is -2.40. The first-order valence-corrected chi connectivity index (χ1v) is 14.1. The molecule has 5 unspecified atom stereocenters. The predicted molar refractivity (Wildman–Crippen MR) is 144 cm³/mol. The van der Waals surface area contributed by atoms with Gasteiger partial charge in [-0.1, -0.05) is 35.1 Å². The van der Waals surface area contributed by atoms with Crippen LogP contribution in [-0.2, 0) is 11.3 Å². The summed E-state index contributed by atoms with van der Waals surface area (Å²) < 4.78 is 12.8. The maximum atomic E-state index is 13.3. The van der Waals surface area contributed by atoms with Crippen LogP contribution >= 0.6 is 23.1 Å². The zero-order valence-electron chi connectivity index (χ0n) is 20.7. The first-order valence-electron chi connectivity index (χ1n) is 12.5. The van der Waals surface area contributed by atoms with Gasteiger partial charge in [0.05, 0.1) is 19.2 Å². The number of ether oxygens (including phenoxy) is 2. The number of hydrogen-bond acceptors (Lipinski definition) is 6. The molecule has 2 fully saturated rings. The van der Waals surface area contributed by atoms with Crippen molar-refractivity contribution in [1.82, 2.24) is 4.57 Å². The molecule has 2 heterocycles. The molecule has 0 radical (unpaired) electrons. The number of nitrogens with zero attached hydrogens (tertiary/aromatic N) is 1. The van der Waals surface area contributed by atoms with Crippen LogP contribution in [0.2, 0.25) is 0 Å². The largest absolute Gasteiger partial charge is 0.493 e. The van der Waals surface area contributed by atoms with Crippen LogP contribution in [0.4, 0.5) is 5.69 Å². The standard InChI is InChI=1S/C28H30N2O4S2/c1-15-4-9-19(10-5-15)29-22(31)14-30-27-26(36-28(30)32)24(17-8-11-20(33-2)21(13-17)34-3)23-16-6-7-18(12-16)25(23)35-27/h4-5,8-11,13,16,18,23-25H,6-7,12,14H2,1-3H3,(H,29,31). The molecular weight excluding hydrogens is 492 g/mol. The van der Waals surface area contributed by atoms with Gasteiger partial charge in [0.2, 0.25) is 5.91 Å². The molecule has 188 valence electrons. The molecule has 2 aromatic carbocycles. The highest BCUT2D eigenvalue weighted by atomic mass is 32.2. The Bertz CT molecular complexity index is 1360. The van der Waals surface area contributed by atoms with Crippen molar-refractivity contribution in [1.29, 1.82) is 0 Å². The maximum absolute atomic E-state index is 13.3. The van der Waals surface area contributed by atoms with Crippen molar-refractivity contribution in [2.24, 2.45) is 17.8 Å². The minimum atomic E-state index is -0.181. The molecule has 3 aromatic rings. The fraction of sp³-hybridized carbons (Fsp3) is 0.429. The molecule has 3 aliphatic rings. The van der Waals surface area contributed by atoms with Gasteiger partial charge in [0.15, 0.2) is 11.5 Å². The number of carbonyl (C=O) groups is 1. The summed E-state index contributed by atoms with van der Waals surface area (Å²) in [7, 11) is 3.30. The molecule has 5 atom stereocenters. The van der Waals surface area contributed by atoms with Crippen LogP contribution in [0.15, 0.2) is 52.3 Å². The number of nitrogens with one attached hydrogen (secondary N) is 1. The van der Waals surface area contributed by atoms with Gasteiger partial charge in [0.25, 0.3) is 0 Å². The van der Waals surface area contributed by atoms with Crippen molar-refractivity contribution >= 4 is 34.7 Å². The molecule has 1 amide bonds. The van der Waals surface area contributed by atoms with Crippen molar-refractivity contribution in [2.45, 2.75) is 48.9 Å². The van der Waals surface area contributed by atoms with Crippen molar-refractivity contribution < 1.29 is 14.3 Å². The van der Waals surface area contributed by atoms with Gasteiger partial charge in [-0.2, -0.15) is 0 Å². The lowest BCUT2D eigenvalue weighted by molar-refractivity contribution is -0.116. The first kappa shape index (κ1) is 23.7. The normalized spacial score (nSPS) is 25.8. The Morgan fingerprint density at radius 1 is 1.06 bits per heavy atom. The van der Waals surface area contributed by atoms with E-state index >= 15 is 0 Å². The van der Waals surface area contributed by atoms with Gasteiger partial charge in [0, 0.05) is 21.7 Å². The lowest BCUT2D eigenvalue weighted by atomic mass is 9.75. The zero-order valence-corrected chi connectivity index (χ0v) is 22.3. The second-order valence-electron chi connectivity index (χ2n) is 10.1. The number of anilines is 1. The molecule has 2 bridgehead atoms. The van der Waals surface area contributed by atoms with E-state index in [4.69, 9.17) is 9.47 Å². The number of carbonyl (C=O) groups excluding carboxylic acids is 1. The Morgan fingerprint density at radius 3 is 2.56 bits per heavy atom. The van der Waals surface area contributed by atoms with Crippen LogP contribution < -0.4 is 19.7 Å². The van der Waals surface area contributed by atoms with E-state index in [0.29, 0.717) is 34.5 Å². The molecule has 0 spiro atoms. The Morgan fingerprint density at radius 2 is 1.81 bits per heavy atom. The van der Waals surface area contributed by atoms with Gasteiger partial charge in [0.1, 0.15) is 6.54 Å². The van der Waals surface area contributed by atoms with Crippen LogP contribution in [-0.4, -0.2) is 29.9 Å². The second-order valence-corrected chi connectivity index (χ2v) is 12.3.